The lowest BCUT2D eigenvalue weighted by Crippen LogP contribution is -2.49. The van der Waals surface area contributed by atoms with Gasteiger partial charge in [-0.25, -0.2) is 0 Å². The van der Waals surface area contributed by atoms with Crippen LogP contribution in [0.25, 0.3) is 0 Å². The number of methoxy groups -OCH3 is 1. The van der Waals surface area contributed by atoms with Crippen LogP contribution in [-0.4, -0.2) is 58.8 Å². The highest BCUT2D eigenvalue weighted by molar-refractivity contribution is 14.2. The molecule has 0 aliphatic carbocycles. The van der Waals surface area contributed by atoms with E-state index in [2.05, 4.69) is 21.8 Å². The van der Waals surface area contributed by atoms with E-state index in [4.69, 9.17) is 34.4 Å². The van der Waals surface area contributed by atoms with Crippen LogP contribution in [0.4, 0.5) is 0 Å². The molecule has 1 saturated heterocycles. The fraction of sp³-hybridized carbons (Fsp3) is 0.455. The molecule has 0 atom stereocenters. The monoisotopic (exact) mass is 612 g/mol. The number of hydrogen-bond acceptors (Lipinski definition) is 5. The van der Waals surface area contributed by atoms with Crippen LogP contribution in [0.5, 0.6) is 0 Å². The summed E-state index contributed by atoms with van der Waals surface area (Å²) in [6.45, 7) is 14.4. The highest BCUT2D eigenvalue weighted by Crippen LogP contribution is 2.19. The molecule has 1 aliphatic rings. The van der Waals surface area contributed by atoms with Crippen molar-refractivity contribution in [2.75, 3.05) is 33.3 Å². The molecular formula is C22H31Cl2IN4O2S. The molecule has 10 heteroatoms. The fourth-order valence-electron chi connectivity index (χ4n) is 2.76. The van der Waals surface area contributed by atoms with Crippen molar-refractivity contribution in [2.45, 2.75) is 34.2 Å². The second kappa shape index (κ2) is 17.2. The van der Waals surface area contributed by atoms with Gasteiger partial charge in [-0.2, -0.15) is 5.10 Å². The van der Waals surface area contributed by atoms with E-state index < -0.39 is 0 Å². The Hall–Kier alpha value is -1.28. The van der Waals surface area contributed by atoms with Crippen molar-refractivity contribution in [3.63, 3.8) is 0 Å². The lowest BCUT2D eigenvalue weighted by Gasteiger charge is -2.36. The molecule has 0 bridgehead atoms. The maximum absolute atomic E-state index is 12.5. The van der Waals surface area contributed by atoms with Crippen LogP contribution in [0.3, 0.4) is 0 Å². The zero-order chi connectivity index (χ0) is 24.7. The molecule has 0 radical (unpaired) electrons. The minimum absolute atomic E-state index is 0.0387. The topological polar surface area (TPSA) is 50.6 Å². The maximum Gasteiger partial charge on any atom is 0.244 e. The Morgan fingerprint density at radius 3 is 2.28 bits per heavy atom. The molecular weight excluding hydrogens is 582 g/mol. The van der Waals surface area contributed by atoms with Gasteiger partial charge in [-0.1, -0.05) is 49.7 Å². The molecule has 1 aromatic rings. The van der Waals surface area contributed by atoms with E-state index in [1.165, 1.54) is 8.93 Å². The Morgan fingerprint density at radius 1 is 1.38 bits per heavy atom. The quantitative estimate of drug-likeness (QED) is 0.174. The third kappa shape index (κ3) is 10.1. The van der Waals surface area contributed by atoms with Crippen LogP contribution in [0.1, 0.15) is 26.5 Å². The van der Waals surface area contributed by atoms with E-state index >= 15 is 0 Å². The minimum atomic E-state index is 0.0387. The SMILES string of the molecule is C#CSI.C=C(Cl)/C(=C\C(=C/C)N1CCN(C(=O)Cn2ncc(Cl)c2C)CC1)OC.CC. The first-order valence-corrected chi connectivity index (χ1v) is 14.1. The molecule has 178 valence electrons. The first-order chi connectivity index (χ1) is 15.3. The normalized spacial score (nSPS) is 13.8. The van der Waals surface area contributed by atoms with Crippen molar-refractivity contribution in [3.8, 4) is 11.7 Å². The van der Waals surface area contributed by atoms with Crippen molar-refractivity contribution >= 4 is 59.2 Å². The van der Waals surface area contributed by atoms with Crippen molar-refractivity contribution in [1.29, 1.82) is 0 Å². The molecule has 1 aromatic heterocycles. The van der Waals surface area contributed by atoms with Gasteiger partial charge in [0, 0.05) is 59.2 Å². The molecule has 0 unspecified atom stereocenters. The second-order valence-electron chi connectivity index (χ2n) is 6.13. The predicted octanol–water partition coefficient (Wildman–Crippen LogP) is 5.86. The molecule has 1 amide bonds. The van der Waals surface area contributed by atoms with Crippen molar-refractivity contribution in [3.05, 3.63) is 52.1 Å². The molecule has 32 heavy (non-hydrogen) atoms. The number of rotatable bonds is 6. The van der Waals surface area contributed by atoms with Gasteiger partial charge in [0.15, 0.2) is 0 Å². The van der Waals surface area contributed by atoms with Crippen molar-refractivity contribution < 1.29 is 9.53 Å². The summed E-state index contributed by atoms with van der Waals surface area (Å²) >= 11 is 14.0. The number of carbonyl (C=O) groups is 1. The Labute approximate surface area is 218 Å². The smallest absolute Gasteiger partial charge is 0.244 e. The van der Waals surface area contributed by atoms with Gasteiger partial charge in [-0.3, -0.25) is 9.48 Å². The zero-order valence-electron chi connectivity index (χ0n) is 19.2. The van der Waals surface area contributed by atoms with Gasteiger partial charge in [-0.15, -0.1) is 6.42 Å². The summed E-state index contributed by atoms with van der Waals surface area (Å²) in [7, 11) is 2.92. The van der Waals surface area contributed by atoms with Crippen LogP contribution in [0.15, 0.2) is 41.4 Å². The van der Waals surface area contributed by atoms with E-state index in [-0.39, 0.29) is 12.5 Å². The average Bonchev–Trinajstić information content (AvgIpc) is 3.13. The van der Waals surface area contributed by atoms with Crippen LogP contribution in [0, 0.1) is 18.6 Å². The Kier molecular flexibility index (Phi) is 16.5. The lowest BCUT2D eigenvalue weighted by molar-refractivity contribution is -0.133. The summed E-state index contributed by atoms with van der Waals surface area (Å²) in [6.07, 6.45) is 10.1. The first kappa shape index (κ1) is 30.7. The highest BCUT2D eigenvalue weighted by atomic mass is 127. The summed E-state index contributed by atoms with van der Waals surface area (Å²) in [4.78, 5) is 16.6. The molecule has 0 N–H and O–H groups in total. The summed E-state index contributed by atoms with van der Waals surface area (Å²) < 4.78 is 6.88. The molecule has 6 nitrogen and oxygen atoms in total. The minimum Gasteiger partial charge on any atom is -0.495 e. The molecule has 2 heterocycles. The highest BCUT2D eigenvalue weighted by Gasteiger charge is 2.23. The van der Waals surface area contributed by atoms with Crippen molar-refractivity contribution in [2.24, 2.45) is 0 Å². The van der Waals surface area contributed by atoms with E-state index in [1.807, 2.05) is 66.0 Å². The number of piperazine rings is 1. The number of terminal acetylenes is 1. The molecule has 1 fully saturated rings. The average molecular weight is 613 g/mol. The van der Waals surface area contributed by atoms with E-state index in [0.717, 1.165) is 24.5 Å². The van der Waals surface area contributed by atoms with Gasteiger partial charge in [-0.05, 0) is 28.0 Å². The summed E-state index contributed by atoms with van der Waals surface area (Å²) in [6, 6.07) is 0. The third-order valence-corrected chi connectivity index (χ3v) is 5.84. The summed E-state index contributed by atoms with van der Waals surface area (Å²) in [5.41, 5.74) is 1.79. The van der Waals surface area contributed by atoms with Gasteiger partial charge >= 0.3 is 0 Å². The van der Waals surface area contributed by atoms with Crippen LogP contribution < -0.4 is 0 Å². The number of ether oxygens (including phenoxy) is 1. The van der Waals surface area contributed by atoms with E-state index in [0.29, 0.717) is 28.9 Å². The van der Waals surface area contributed by atoms with Gasteiger partial charge in [0.1, 0.15) is 12.3 Å². The predicted molar refractivity (Wildman–Crippen MR) is 146 cm³/mol. The number of halogens is 3. The number of nitrogens with zero attached hydrogens (tertiary/aromatic N) is 4. The molecule has 0 aromatic carbocycles. The van der Waals surface area contributed by atoms with Gasteiger partial charge in [0.25, 0.3) is 0 Å². The Balaban J connectivity index is 0.00000144. The molecule has 2 rings (SSSR count). The third-order valence-electron chi connectivity index (χ3n) is 4.43. The Bertz CT molecular complexity index is 841. The second-order valence-corrected chi connectivity index (χ2v) is 8.70. The van der Waals surface area contributed by atoms with Crippen LogP contribution >= 0.6 is 53.3 Å². The summed E-state index contributed by atoms with van der Waals surface area (Å²) in [5, 5.41) is 7.40. The maximum atomic E-state index is 12.5. The standard InChI is InChI=1S/C18H24Cl2N4O2.C2HIS.C2H6/c1-5-15(10-17(26-4)13(2)19)22-6-8-23(9-7-22)18(25)12-24-14(3)16(20)11-21-24;1-2-4-3;1-2/h5,10-11H,2,6-9,12H2,1,3-4H3;1H;1-2H3/b15-5+,17-10+;;. The van der Waals surface area contributed by atoms with E-state index in [1.54, 1.807) is 18.0 Å². The first-order valence-electron chi connectivity index (χ1n) is 9.99. The number of amides is 1. The number of hydrogen-bond donors (Lipinski definition) is 0. The number of allylic oxidation sites excluding steroid dienone is 3. The van der Waals surface area contributed by atoms with Crippen LogP contribution in [-0.2, 0) is 16.1 Å². The largest absolute Gasteiger partial charge is 0.495 e. The van der Waals surface area contributed by atoms with Gasteiger partial charge < -0.3 is 14.5 Å². The van der Waals surface area contributed by atoms with Crippen LogP contribution in [0.2, 0.25) is 5.02 Å². The molecule has 0 spiro atoms. The van der Waals surface area contributed by atoms with E-state index in [9.17, 15) is 4.79 Å². The zero-order valence-corrected chi connectivity index (χ0v) is 23.7. The van der Waals surface area contributed by atoms with Crippen molar-refractivity contribution in [1.82, 2.24) is 19.6 Å². The summed E-state index contributed by atoms with van der Waals surface area (Å²) in [5.74, 6) is 0.570. The van der Waals surface area contributed by atoms with Gasteiger partial charge in [0.2, 0.25) is 5.91 Å². The molecule has 0 saturated carbocycles. The fourth-order valence-corrected chi connectivity index (χ4v) is 3.04. The number of carbonyl (C=O) groups excluding carboxylic acids is 1. The van der Waals surface area contributed by atoms with Gasteiger partial charge in [0.05, 0.1) is 29.1 Å². The number of aromatic nitrogens is 2. The molecule has 1 aliphatic heterocycles. The Morgan fingerprint density at radius 2 is 1.91 bits per heavy atom. The lowest BCUT2D eigenvalue weighted by atomic mass is 10.2.